The highest BCUT2D eigenvalue weighted by Crippen LogP contribution is 2.29. The van der Waals surface area contributed by atoms with Crippen molar-refractivity contribution in [2.24, 2.45) is 4.99 Å². The van der Waals surface area contributed by atoms with E-state index in [1.54, 1.807) is 0 Å². The van der Waals surface area contributed by atoms with Crippen LogP contribution in [-0.4, -0.2) is 17.8 Å². The SMILES string of the molecule is CC1=NC(C(CCc2ccccc2)c2ccccc2)C(=O)N1. The molecule has 2 aromatic rings. The number of benzene rings is 2. The third-order valence-electron chi connectivity index (χ3n) is 4.10. The van der Waals surface area contributed by atoms with Crippen molar-refractivity contribution in [1.29, 1.82) is 0 Å². The van der Waals surface area contributed by atoms with Crippen molar-refractivity contribution in [1.82, 2.24) is 5.32 Å². The number of amidine groups is 1. The van der Waals surface area contributed by atoms with Gasteiger partial charge in [-0.2, -0.15) is 0 Å². The van der Waals surface area contributed by atoms with Crippen LogP contribution in [0.3, 0.4) is 0 Å². The molecule has 3 rings (SSSR count). The minimum absolute atomic E-state index is 0.0133. The van der Waals surface area contributed by atoms with E-state index in [9.17, 15) is 4.79 Å². The highest BCUT2D eigenvalue weighted by Gasteiger charge is 2.33. The molecule has 0 spiro atoms. The Bertz CT molecular complexity index is 664. The van der Waals surface area contributed by atoms with Gasteiger partial charge in [-0.3, -0.25) is 9.79 Å². The van der Waals surface area contributed by atoms with Crippen molar-refractivity contribution in [3.63, 3.8) is 0 Å². The van der Waals surface area contributed by atoms with Crippen molar-refractivity contribution >= 4 is 11.7 Å². The molecule has 0 bridgehead atoms. The Hall–Kier alpha value is -2.42. The molecule has 2 atom stereocenters. The van der Waals surface area contributed by atoms with Crippen molar-refractivity contribution in [3.05, 3.63) is 71.8 Å². The average molecular weight is 292 g/mol. The van der Waals surface area contributed by atoms with Crippen LogP contribution in [-0.2, 0) is 11.2 Å². The number of carbonyl (C=O) groups is 1. The number of nitrogens with zero attached hydrogens (tertiary/aromatic N) is 1. The monoisotopic (exact) mass is 292 g/mol. The Morgan fingerprint density at radius 3 is 2.27 bits per heavy atom. The summed E-state index contributed by atoms with van der Waals surface area (Å²) in [7, 11) is 0. The Balaban J connectivity index is 1.82. The van der Waals surface area contributed by atoms with Gasteiger partial charge >= 0.3 is 0 Å². The second-order valence-corrected chi connectivity index (χ2v) is 5.69. The van der Waals surface area contributed by atoms with E-state index in [1.165, 1.54) is 11.1 Å². The lowest BCUT2D eigenvalue weighted by molar-refractivity contribution is -0.120. The van der Waals surface area contributed by atoms with Gasteiger partial charge in [-0.1, -0.05) is 60.7 Å². The molecule has 3 heteroatoms. The number of hydrogen-bond donors (Lipinski definition) is 1. The van der Waals surface area contributed by atoms with Crippen LogP contribution in [0.1, 0.15) is 30.4 Å². The minimum Gasteiger partial charge on any atom is -0.313 e. The Morgan fingerprint density at radius 2 is 1.68 bits per heavy atom. The number of carbonyl (C=O) groups excluding carboxylic acids is 1. The van der Waals surface area contributed by atoms with E-state index in [1.807, 2.05) is 31.2 Å². The summed E-state index contributed by atoms with van der Waals surface area (Å²) in [4.78, 5) is 16.7. The highest BCUT2D eigenvalue weighted by atomic mass is 16.2. The maximum absolute atomic E-state index is 12.2. The average Bonchev–Trinajstić information content (AvgIpc) is 2.88. The van der Waals surface area contributed by atoms with Crippen molar-refractivity contribution in [2.45, 2.75) is 31.7 Å². The van der Waals surface area contributed by atoms with E-state index in [4.69, 9.17) is 0 Å². The molecule has 3 nitrogen and oxygen atoms in total. The molecule has 0 fully saturated rings. The molecule has 2 unspecified atom stereocenters. The second kappa shape index (κ2) is 6.56. The van der Waals surface area contributed by atoms with E-state index in [-0.39, 0.29) is 17.9 Å². The zero-order valence-corrected chi connectivity index (χ0v) is 12.7. The van der Waals surface area contributed by atoms with Gasteiger partial charge in [-0.15, -0.1) is 0 Å². The molecule has 22 heavy (non-hydrogen) atoms. The van der Waals surface area contributed by atoms with Crippen LogP contribution in [0.25, 0.3) is 0 Å². The molecule has 1 N–H and O–H groups in total. The number of aliphatic imine (C=N–C) groups is 1. The van der Waals surface area contributed by atoms with Crippen LogP contribution in [0.15, 0.2) is 65.7 Å². The van der Waals surface area contributed by atoms with Crippen LogP contribution in [0.4, 0.5) is 0 Å². The maximum Gasteiger partial charge on any atom is 0.250 e. The zero-order chi connectivity index (χ0) is 15.4. The summed E-state index contributed by atoms with van der Waals surface area (Å²) < 4.78 is 0. The molecular weight excluding hydrogens is 272 g/mol. The normalized spacial score (nSPS) is 18.7. The summed E-state index contributed by atoms with van der Waals surface area (Å²) in [6.07, 6.45) is 1.85. The largest absolute Gasteiger partial charge is 0.313 e. The fraction of sp³-hybridized carbons (Fsp3) is 0.263. The molecule has 0 radical (unpaired) electrons. The highest BCUT2D eigenvalue weighted by molar-refractivity contribution is 6.05. The molecule has 112 valence electrons. The predicted octanol–water partition coefficient (Wildman–Crippen LogP) is 3.32. The van der Waals surface area contributed by atoms with E-state index < -0.39 is 0 Å². The summed E-state index contributed by atoms with van der Waals surface area (Å²) in [5, 5.41) is 2.83. The molecule has 1 aliphatic rings. The van der Waals surface area contributed by atoms with E-state index in [0.29, 0.717) is 0 Å². The smallest absolute Gasteiger partial charge is 0.250 e. The van der Waals surface area contributed by atoms with Gasteiger partial charge in [0.2, 0.25) is 0 Å². The fourth-order valence-corrected chi connectivity index (χ4v) is 3.00. The fourth-order valence-electron chi connectivity index (χ4n) is 3.00. The first-order chi connectivity index (χ1) is 10.7. The summed E-state index contributed by atoms with van der Waals surface area (Å²) in [6.45, 7) is 1.84. The van der Waals surface area contributed by atoms with Crippen LogP contribution < -0.4 is 5.32 Å². The van der Waals surface area contributed by atoms with Gasteiger partial charge in [0.1, 0.15) is 11.9 Å². The van der Waals surface area contributed by atoms with Gasteiger partial charge < -0.3 is 5.32 Å². The maximum atomic E-state index is 12.2. The van der Waals surface area contributed by atoms with Gasteiger partial charge in [0, 0.05) is 5.92 Å². The Labute approximate surface area is 131 Å². The van der Waals surface area contributed by atoms with Gasteiger partial charge in [-0.05, 0) is 30.9 Å². The lowest BCUT2D eigenvalue weighted by Crippen LogP contribution is -2.31. The number of hydrogen-bond acceptors (Lipinski definition) is 2. The second-order valence-electron chi connectivity index (χ2n) is 5.69. The standard InChI is InChI=1S/C19H20N2O/c1-14-20-18(19(22)21-14)17(16-10-6-3-7-11-16)13-12-15-8-4-2-5-9-15/h2-11,17-18H,12-13H2,1H3,(H,20,21,22). The first kappa shape index (κ1) is 14.5. The van der Waals surface area contributed by atoms with Crippen molar-refractivity contribution in [3.8, 4) is 0 Å². The summed E-state index contributed by atoms with van der Waals surface area (Å²) in [5.74, 6) is 0.842. The first-order valence-electron chi connectivity index (χ1n) is 7.68. The van der Waals surface area contributed by atoms with E-state index in [2.05, 4.69) is 46.7 Å². The first-order valence-corrected chi connectivity index (χ1v) is 7.68. The summed E-state index contributed by atoms with van der Waals surface area (Å²) in [6, 6.07) is 20.3. The molecule has 1 heterocycles. The van der Waals surface area contributed by atoms with Crippen LogP contribution in [0.2, 0.25) is 0 Å². The minimum atomic E-state index is -0.314. The summed E-state index contributed by atoms with van der Waals surface area (Å²) in [5.41, 5.74) is 2.47. The number of rotatable bonds is 5. The molecular formula is C19H20N2O. The quantitative estimate of drug-likeness (QED) is 0.902. The Kier molecular flexibility index (Phi) is 4.33. The van der Waals surface area contributed by atoms with Gasteiger partial charge in [0.15, 0.2) is 0 Å². The van der Waals surface area contributed by atoms with Gasteiger partial charge in [-0.25, -0.2) is 0 Å². The van der Waals surface area contributed by atoms with E-state index in [0.717, 1.165) is 18.7 Å². The Morgan fingerprint density at radius 1 is 1.05 bits per heavy atom. The van der Waals surface area contributed by atoms with Crippen LogP contribution in [0.5, 0.6) is 0 Å². The topological polar surface area (TPSA) is 41.5 Å². The zero-order valence-electron chi connectivity index (χ0n) is 12.7. The number of amides is 1. The van der Waals surface area contributed by atoms with Gasteiger partial charge in [0.25, 0.3) is 5.91 Å². The third kappa shape index (κ3) is 3.25. The van der Waals surface area contributed by atoms with Crippen molar-refractivity contribution < 1.29 is 4.79 Å². The molecule has 0 saturated carbocycles. The lowest BCUT2D eigenvalue weighted by Gasteiger charge is -2.20. The number of nitrogens with one attached hydrogen (secondary N) is 1. The molecule has 2 aromatic carbocycles. The van der Waals surface area contributed by atoms with Crippen molar-refractivity contribution in [2.75, 3.05) is 0 Å². The molecule has 1 amide bonds. The number of aryl methyl sites for hydroxylation is 1. The van der Waals surface area contributed by atoms with Crippen LogP contribution >= 0.6 is 0 Å². The molecule has 0 aromatic heterocycles. The lowest BCUT2D eigenvalue weighted by atomic mass is 9.86. The summed E-state index contributed by atoms with van der Waals surface area (Å²) >= 11 is 0. The van der Waals surface area contributed by atoms with Crippen LogP contribution in [0, 0.1) is 0 Å². The van der Waals surface area contributed by atoms with Gasteiger partial charge in [0.05, 0.1) is 0 Å². The third-order valence-corrected chi connectivity index (χ3v) is 4.10. The predicted molar refractivity (Wildman–Crippen MR) is 89.0 cm³/mol. The molecule has 0 aliphatic carbocycles. The molecule has 1 aliphatic heterocycles. The molecule has 0 saturated heterocycles. The van der Waals surface area contributed by atoms with E-state index >= 15 is 0 Å².